The number of hydrogen-bond acceptors (Lipinski definition) is 7. The Morgan fingerprint density at radius 1 is 1.13 bits per heavy atom. The number of nitriles is 1. The number of rotatable bonds is 3. The van der Waals surface area contributed by atoms with Crippen LogP contribution in [-0.2, 0) is 14.9 Å². The quantitative estimate of drug-likeness (QED) is 0.752. The standard InChI is InChI=1S/C24H27N3O4/c1-29-17-6-5-15-18(19(17)30-2)26-23-9-8-21(13-16(23)20(28)31-3)7-4-11-27-12-10-22(15,23)24(21,27)14-25/h5-6,13,26H,4,7-12H2,1-3H3/t21-,22+,23-,24+/m1/s1. The van der Waals surface area contributed by atoms with Gasteiger partial charge in [0.2, 0.25) is 0 Å². The molecule has 3 aliphatic carbocycles. The van der Waals surface area contributed by atoms with Crippen molar-refractivity contribution in [2.75, 3.05) is 39.7 Å². The number of methoxy groups -OCH3 is 3. The van der Waals surface area contributed by atoms with E-state index in [1.165, 1.54) is 7.11 Å². The van der Waals surface area contributed by atoms with E-state index in [0.29, 0.717) is 17.1 Å². The first-order valence-electron chi connectivity index (χ1n) is 11.0. The van der Waals surface area contributed by atoms with Crippen molar-refractivity contribution in [1.82, 2.24) is 4.90 Å². The number of hydrogen-bond donors (Lipinski definition) is 1. The minimum atomic E-state index is -0.703. The molecule has 0 amide bonds. The molecule has 3 aliphatic heterocycles. The molecule has 0 aromatic heterocycles. The van der Waals surface area contributed by atoms with Gasteiger partial charge in [-0.25, -0.2) is 4.79 Å². The summed E-state index contributed by atoms with van der Waals surface area (Å²) in [5, 5.41) is 14.7. The molecule has 7 rings (SSSR count). The van der Waals surface area contributed by atoms with Crippen LogP contribution in [-0.4, -0.2) is 56.4 Å². The smallest absolute Gasteiger partial charge is 0.335 e. The fourth-order valence-electron chi connectivity index (χ4n) is 8.21. The molecular formula is C24H27N3O4. The Bertz CT molecular complexity index is 1090. The van der Waals surface area contributed by atoms with Gasteiger partial charge in [0.15, 0.2) is 11.5 Å². The number of esters is 1. The van der Waals surface area contributed by atoms with E-state index in [-0.39, 0.29) is 11.4 Å². The van der Waals surface area contributed by atoms with E-state index in [2.05, 4.69) is 28.4 Å². The predicted molar refractivity (Wildman–Crippen MR) is 113 cm³/mol. The minimum absolute atomic E-state index is 0.305. The summed E-state index contributed by atoms with van der Waals surface area (Å²) in [5.41, 5.74) is 0.259. The van der Waals surface area contributed by atoms with Crippen LogP contribution in [0.15, 0.2) is 23.8 Å². The average molecular weight is 421 g/mol. The number of carbonyl (C=O) groups is 1. The van der Waals surface area contributed by atoms with Gasteiger partial charge in [0.1, 0.15) is 5.54 Å². The number of nitrogens with zero attached hydrogens (tertiary/aromatic N) is 2. The van der Waals surface area contributed by atoms with Crippen LogP contribution in [0, 0.1) is 16.7 Å². The lowest BCUT2D eigenvalue weighted by Gasteiger charge is -2.69. The molecule has 31 heavy (non-hydrogen) atoms. The molecule has 162 valence electrons. The summed E-state index contributed by atoms with van der Waals surface area (Å²) in [6.45, 7) is 1.76. The molecule has 0 radical (unpaired) electrons. The fourth-order valence-corrected chi connectivity index (χ4v) is 8.21. The van der Waals surface area contributed by atoms with E-state index in [1.807, 2.05) is 6.07 Å². The van der Waals surface area contributed by atoms with Crippen LogP contribution >= 0.6 is 0 Å². The van der Waals surface area contributed by atoms with Gasteiger partial charge >= 0.3 is 5.97 Å². The van der Waals surface area contributed by atoms with Crippen molar-refractivity contribution in [2.45, 2.75) is 48.6 Å². The van der Waals surface area contributed by atoms with Gasteiger partial charge in [0, 0.05) is 12.0 Å². The molecule has 2 bridgehead atoms. The van der Waals surface area contributed by atoms with Gasteiger partial charge in [-0.2, -0.15) is 5.26 Å². The van der Waals surface area contributed by atoms with Crippen molar-refractivity contribution in [2.24, 2.45) is 5.41 Å². The maximum absolute atomic E-state index is 13.2. The zero-order valence-corrected chi connectivity index (χ0v) is 18.2. The van der Waals surface area contributed by atoms with Crippen molar-refractivity contribution < 1.29 is 19.0 Å². The molecule has 4 atom stereocenters. The van der Waals surface area contributed by atoms with Gasteiger partial charge < -0.3 is 19.5 Å². The minimum Gasteiger partial charge on any atom is -0.493 e. The highest BCUT2D eigenvalue weighted by molar-refractivity contribution is 5.97. The highest BCUT2D eigenvalue weighted by atomic mass is 16.5. The summed E-state index contributed by atoms with van der Waals surface area (Å²) >= 11 is 0. The molecule has 1 aromatic rings. The Balaban J connectivity index is 1.75. The number of benzene rings is 1. The molecule has 7 heteroatoms. The van der Waals surface area contributed by atoms with Crippen LogP contribution in [0.3, 0.4) is 0 Å². The number of nitrogens with one attached hydrogen (secondary N) is 1. The third-order valence-corrected chi connectivity index (χ3v) is 9.09. The molecule has 2 saturated heterocycles. The SMILES string of the molecule is COC(=O)C1=C[C@@]23CCCN4CC[C@@]5(c6ccc(OC)c(OC)c6N[C@]15CC2)[C@@]43C#N. The van der Waals surface area contributed by atoms with Crippen molar-refractivity contribution >= 4 is 11.7 Å². The van der Waals surface area contributed by atoms with E-state index in [0.717, 1.165) is 56.4 Å². The van der Waals surface area contributed by atoms with Crippen LogP contribution in [0.2, 0.25) is 0 Å². The van der Waals surface area contributed by atoms with Gasteiger partial charge in [0.25, 0.3) is 0 Å². The van der Waals surface area contributed by atoms with E-state index in [4.69, 9.17) is 14.2 Å². The van der Waals surface area contributed by atoms with Crippen LogP contribution < -0.4 is 14.8 Å². The Labute approximate surface area is 181 Å². The second-order valence-corrected chi connectivity index (χ2v) is 9.53. The first-order chi connectivity index (χ1) is 15.0. The average Bonchev–Trinajstić information content (AvgIpc) is 3.32. The predicted octanol–water partition coefficient (Wildman–Crippen LogP) is 2.76. The van der Waals surface area contributed by atoms with E-state index >= 15 is 0 Å². The monoisotopic (exact) mass is 421 g/mol. The lowest BCUT2D eigenvalue weighted by Crippen LogP contribution is -2.79. The third-order valence-electron chi connectivity index (χ3n) is 9.09. The summed E-state index contributed by atoms with van der Waals surface area (Å²) in [6, 6.07) is 6.88. The van der Waals surface area contributed by atoms with Crippen LogP contribution in [0.5, 0.6) is 11.5 Å². The summed E-state index contributed by atoms with van der Waals surface area (Å²) < 4.78 is 16.7. The first kappa shape index (κ1) is 19.0. The second-order valence-electron chi connectivity index (χ2n) is 9.53. The molecule has 3 fully saturated rings. The fraction of sp³-hybridized carbons (Fsp3) is 0.583. The van der Waals surface area contributed by atoms with E-state index in [1.54, 1.807) is 14.2 Å². The summed E-state index contributed by atoms with van der Waals surface area (Å²) in [5.74, 6) is 0.958. The van der Waals surface area contributed by atoms with Gasteiger partial charge in [-0.05, 0) is 50.3 Å². The maximum atomic E-state index is 13.2. The molecular weight excluding hydrogens is 394 g/mol. The molecule has 6 aliphatic rings. The normalized spacial score (nSPS) is 38.8. The molecule has 3 spiro atoms. The number of fused-ring (bicyclic) bond motifs is 2. The Morgan fingerprint density at radius 2 is 1.97 bits per heavy atom. The largest absolute Gasteiger partial charge is 0.493 e. The summed E-state index contributed by atoms with van der Waals surface area (Å²) in [4.78, 5) is 15.6. The van der Waals surface area contributed by atoms with Crippen LogP contribution in [0.25, 0.3) is 0 Å². The van der Waals surface area contributed by atoms with E-state index < -0.39 is 16.5 Å². The highest BCUT2D eigenvalue weighted by Gasteiger charge is 2.84. The number of piperidine rings is 1. The van der Waals surface area contributed by atoms with Crippen molar-refractivity contribution in [3.8, 4) is 17.6 Å². The first-order valence-corrected chi connectivity index (χ1v) is 11.0. The Hall–Kier alpha value is -2.72. The van der Waals surface area contributed by atoms with Gasteiger partial charge in [-0.3, -0.25) is 4.90 Å². The maximum Gasteiger partial charge on any atom is 0.335 e. The van der Waals surface area contributed by atoms with Crippen LogP contribution in [0.1, 0.15) is 37.7 Å². The molecule has 1 aromatic carbocycles. The molecule has 0 unspecified atom stereocenters. The lowest BCUT2D eigenvalue weighted by atomic mass is 9.37. The Kier molecular flexibility index (Phi) is 3.52. The number of carbonyl (C=O) groups excluding carboxylic acids is 1. The Morgan fingerprint density at radius 3 is 2.68 bits per heavy atom. The lowest BCUT2D eigenvalue weighted by molar-refractivity contribution is -0.140. The van der Waals surface area contributed by atoms with E-state index in [9.17, 15) is 10.1 Å². The summed E-state index contributed by atoms with van der Waals surface area (Å²) in [7, 11) is 4.70. The molecule has 1 N–H and O–H groups in total. The van der Waals surface area contributed by atoms with Crippen LogP contribution in [0.4, 0.5) is 5.69 Å². The molecule has 7 nitrogen and oxygen atoms in total. The van der Waals surface area contributed by atoms with Crippen molar-refractivity contribution in [3.05, 3.63) is 29.3 Å². The van der Waals surface area contributed by atoms with Gasteiger partial charge in [-0.15, -0.1) is 0 Å². The second kappa shape index (κ2) is 5.74. The van der Waals surface area contributed by atoms with Crippen molar-refractivity contribution in [3.63, 3.8) is 0 Å². The number of ether oxygens (including phenoxy) is 3. The zero-order chi connectivity index (χ0) is 21.6. The topological polar surface area (TPSA) is 83.8 Å². The van der Waals surface area contributed by atoms with Crippen molar-refractivity contribution in [1.29, 1.82) is 5.26 Å². The highest BCUT2D eigenvalue weighted by Crippen LogP contribution is 2.77. The third kappa shape index (κ3) is 1.67. The zero-order valence-electron chi connectivity index (χ0n) is 18.2. The van der Waals surface area contributed by atoms with Gasteiger partial charge in [-0.1, -0.05) is 12.1 Å². The van der Waals surface area contributed by atoms with Gasteiger partial charge in [0.05, 0.1) is 49.6 Å². The molecule has 1 saturated carbocycles. The molecule has 3 heterocycles. The number of anilines is 1. The summed E-state index contributed by atoms with van der Waals surface area (Å²) in [6.07, 6.45) is 6.53.